The number of anilines is 2. The van der Waals surface area contributed by atoms with E-state index in [0.717, 1.165) is 31.9 Å². The van der Waals surface area contributed by atoms with E-state index < -0.39 is 0 Å². The highest BCUT2D eigenvalue weighted by atomic mass is 35.5. The highest BCUT2D eigenvalue weighted by Gasteiger charge is 2.11. The molecule has 1 aromatic carbocycles. The molecule has 0 spiro atoms. The fourth-order valence-electron chi connectivity index (χ4n) is 2.36. The van der Waals surface area contributed by atoms with E-state index >= 15 is 0 Å². The second-order valence-corrected chi connectivity index (χ2v) is 5.54. The average Bonchev–Trinajstić information content (AvgIpc) is 2.57. The number of nitrogens with zero attached hydrogens (tertiary/aromatic N) is 2. The molecule has 2 aromatic rings. The maximum Gasteiger partial charge on any atom is 0.256 e. The Balaban J connectivity index is 0.00000192. The molecule has 0 aliphatic carbocycles. The van der Waals surface area contributed by atoms with Crippen LogP contribution in [-0.4, -0.2) is 37.1 Å². The van der Waals surface area contributed by atoms with Gasteiger partial charge >= 0.3 is 0 Å². The number of benzene rings is 1. The number of carbonyl (C=O) groups excluding carboxylic acids is 1. The van der Waals surface area contributed by atoms with Crippen LogP contribution in [0.3, 0.4) is 0 Å². The first-order valence-corrected chi connectivity index (χ1v) is 7.59. The molecule has 1 saturated heterocycles. The van der Waals surface area contributed by atoms with Crippen molar-refractivity contribution in [2.45, 2.75) is 0 Å². The molecule has 1 amide bonds. The van der Waals surface area contributed by atoms with Crippen LogP contribution in [0.5, 0.6) is 0 Å². The van der Waals surface area contributed by atoms with Gasteiger partial charge in [0.05, 0.1) is 11.9 Å². The molecule has 0 atom stereocenters. The van der Waals surface area contributed by atoms with E-state index in [4.69, 9.17) is 11.6 Å². The largest absolute Gasteiger partial charge is 0.368 e. The van der Waals surface area contributed by atoms with Crippen molar-refractivity contribution in [3.05, 3.63) is 53.2 Å². The molecular formula is C16H18Cl2N4O. The number of hydrogen-bond acceptors (Lipinski definition) is 4. The van der Waals surface area contributed by atoms with Gasteiger partial charge in [0.25, 0.3) is 5.91 Å². The summed E-state index contributed by atoms with van der Waals surface area (Å²) in [5, 5.41) is 6.71. The molecule has 0 saturated carbocycles. The van der Waals surface area contributed by atoms with Crippen LogP contribution in [0.25, 0.3) is 0 Å². The molecule has 0 bridgehead atoms. The first-order chi connectivity index (χ1) is 10.7. The van der Waals surface area contributed by atoms with Crippen molar-refractivity contribution in [3.8, 4) is 0 Å². The zero-order valence-electron chi connectivity index (χ0n) is 12.5. The molecule has 1 fully saturated rings. The molecule has 1 aromatic heterocycles. The Hall–Kier alpha value is -1.82. The summed E-state index contributed by atoms with van der Waals surface area (Å²) in [5.74, 6) is 0.345. The SMILES string of the molecule is Cl.O=C(Nc1ccc(N2CCNCC2)cn1)c1ccc(Cl)cc1. The third kappa shape index (κ3) is 4.58. The van der Waals surface area contributed by atoms with Crippen LogP contribution < -0.4 is 15.5 Å². The van der Waals surface area contributed by atoms with Gasteiger partial charge in [-0.05, 0) is 36.4 Å². The molecule has 122 valence electrons. The van der Waals surface area contributed by atoms with Crippen LogP contribution in [-0.2, 0) is 0 Å². The van der Waals surface area contributed by atoms with Gasteiger partial charge in [-0.15, -0.1) is 12.4 Å². The second-order valence-electron chi connectivity index (χ2n) is 5.10. The van der Waals surface area contributed by atoms with Gasteiger partial charge in [-0.3, -0.25) is 4.79 Å². The first-order valence-electron chi connectivity index (χ1n) is 7.21. The van der Waals surface area contributed by atoms with Crippen LogP contribution in [0, 0.1) is 0 Å². The molecule has 0 radical (unpaired) electrons. The minimum absolute atomic E-state index is 0. The van der Waals surface area contributed by atoms with Gasteiger partial charge in [0, 0.05) is 36.8 Å². The van der Waals surface area contributed by atoms with Gasteiger partial charge in [0.15, 0.2) is 0 Å². The van der Waals surface area contributed by atoms with E-state index in [2.05, 4.69) is 20.5 Å². The smallest absolute Gasteiger partial charge is 0.256 e. The van der Waals surface area contributed by atoms with Gasteiger partial charge in [-0.2, -0.15) is 0 Å². The topological polar surface area (TPSA) is 57.3 Å². The monoisotopic (exact) mass is 352 g/mol. The Morgan fingerprint density at radius 3 is 2.43 bits per heavy atom. The van der Waals surface area contributed by atoms with Gasteiger partial charge in [0.2, 0.25) is 0 Å². The predicted octanol–water partition coefficient (Wildman–Crippen LogP) is 2.82. The Labute approximate surface area is 146 Å². The van der Waals surface area contributed by atoms with E-state index in [0.29, 0.717) is 16.4 Å². The summed E-state index contributed by atoms with van der Waals surface area (Å²) in [6.45, 7) is 3.90. The van der Waals surface area contributed by atoms with Gasteiger partial charge in [-0.1, -0.05) is 11.6 Å². The zero-order chi connectivity index (χ0) is 15.4. The molecule has 1 aliphatic heterocycles. The third-order valence-corrected chi connectivity index (χ3v) is 3.83. The van der Waals surface area contributed by atoms with Crippen LogP contribution in [0.1, 0.15) is 10.4 Å². The van der Waals surface area contributed by atoms with E-state index in [1.807, 2.05) is 12.1 Å². The molecular weight excluding hydrogens is 335 g/mol. The summed E-state index contributed by atoms with van der Waals surface area (Å²) >= 11 is 5.81. The van der Waals surface area contributed by atoms with Crippen LogP contribution in [0.15, 0.2) is 42.6 Å². The quantitative estimate of drug-likeness (QED) is 0.891. The van der Waals surface area contributed by atoms with Gasteiger partial charge < -0.3 is 15.5 Å². The Bertz CT molecular complexity index is 640. The number of rotatable bonds is 3. The van der Waals surface area contributed by atoms with Crippen molar-refractivity contribution >= 4 is 41.4 Å². The number of piperazine rings is 1. The summed E-state index contributed by atoms with van der Waals surface area (Å²) in [5.41, 5.74) is 1.63. The van der Waals surface area contributed by atoms with Crippen molar-refractivity contribution < 1.29 is 4.79 Å². The number of amides is 1. The van der Waals surface area contributed by atoms with E-state index in [1.165, 1.54) is 0 Å². The van der Waals surface area contributed by atoms with E-state index in [9.17, 15) is 4.79 Å². The lowest BCUT2D eigenvalue weighted by Gasteiger charge is -2.29. The van der Waals surface area contributed by atoms with E-state index in [1.54, 1.807) is 30.5 Å². The summed E-state index contributed by atoms with van der Waals surface area (Å²) in [4.78, 5) is 18.7. The molecule has 1 aliphatic rings. The normalized spacial score (nSPS) is 14.0. The minimum Gasteiger partial charge on any atom is -0.368 e. The highest BCUT2D eigenvalue weighted by molar-refractivity contribution is 6.30. The summed E-state index contributed by atoms with van der Waals surface area (Å²) < 4.78 is 0. The standard InChI is InChI=1S/C16H17ClN4O.ClH/c17-13-3-1-12(2-4-13)16(22)20-15-6-5-14(11-19-15)21-9-7-18-8-10-21;/h1-6,11,18H,7-10H2,(H,19,20,22);1H. The molecule has 23 heavy (non-hydrogen) atoms. The number of pyridine rings is 1. The lowest BCUT2D eigenvalue weighted by molar-refractivity contribution is 0.102. The van der Waals surface area contributed by atoms with Gasteiger partial charge in [0.1, 0.15) is 5.82 Å². The number of halogens is 2. The second kappa shape index (κ2) is 8.15. The van der Waals surface area contributed by atoms with Gasteiger partial charge in [-0.25, -0.2) is 4.98 Å². The fourth-order valence-corrected chi connectivity index (χ4v) is 2.49. The van der Waals surface area contributed by atoms with Crippen molar-refractivity contribution in [3.63, 3.8) is 0 Å². The van der Waals surface area contributed by atoms with Crippen LogP contribution >= 0.6 is 24.0 Å². The maximum absolute atomic E-state index is 12.1. The third-order valence-electron chi connectivity index (χ3n) is 3.58. The molecule has 2 heterocycles. The van der Waals surface area contributed by atoms with Crippen molar-refractivity contribution in [1.82, 2.24) is 10.3 Å². The van der Waals surface area contributed by atoms with Crippen LogP contribution in [0.2, 0.25) is 5.02 Å². The Kier molecular flexibility index (Phi) is 6.21. The maximum atomic E-state index is 12.1. The zero-order valence-corrected chi connectivity index (χ0v) is 14.0. The predicted molar refractivity (Wildman–Crippen MR) is 96.0 cm³/mol. The molecule has 7 heteroatoms. The fraction of sp³-hybridized carbons (Fsp3) is 0.250. The van der Waals surface area contributed by atoms with Crippen molar-refractivity contribution in [2.24, 2.45) is 0 Å². The molecule has 5 nitrogen and oxygen atoms in total. The number of nitrogens with one attached hydrogen (secondary N) is 2. The minimum atomic E-state index is -0.195. The number of carbonyl (C=O) groups is 1. The molecule has 0 unspecified atom stereocenters. The first kappa shape index (κ1) is 17.5. The van der Waals surface area contributed by atoms with Crippen LogP contribution in [0.4, 0.5) is 11.5 Å². The summed E-state index contributed by atoms with van der Waals surface area (Å²) in [7, 11) is 0. The summed E-state index contributed by atoms with van der Waals surface area (Å²) in [6, 6.07) is 10.6. The van der Waals surface area contributed by atoms with E-state index in [-0.39, 0.29) is 18.3 Å². The lowest BCUT2D eigenvalue weighted by Crippen LogP contribution is -2.43. The van der Waals surface area contributed by atoms with Crippen molar-refractivity contribution in [2.75, 3.05) is 36.4 Å². The number of aromatic nitrogens is 1. The highest BCUT2D eigenvalue weighted by Crippen LogP contribution is 2.16. The molecule has 3 rings (SSSR count). The Morgan fingerprint density at radius 1 is 1.13 bits per heavy atom. The molecule has 2 N–H and O–H groups in total. The lowest BCUT2D eigenvalue weighted by atomic mass is 10.2. The summed E-state index contributed by atoms with van der Waals surface area (Å²) in [6.07, 6.45) is 1.79. The van der Waals surface area contributed by atoms with Crippen molar-refractivity contribution in [1.29, 1.82) is 0 Å². The number of hydrogen-bond donors (Lipinski definition) is 2. The Morgan fingerprint density at radius 2 is 1.83 bits per heavy atom. The average molecular weight is 353 g/mol.